The van der Waals surface area contributed by atoms with Crippen LogP contribution in [0.25, 0.3) is 0 Å². The summed E-state index contributed by atoms with van der Waals surface area (Å²) in [5, 5.41) is 3.29. The van der Waals surface area contributed by atoms with Crippen molar-refractivity contribution in [2.45, 2.75) is 13.0 Å². The summed E-state index contributed by atoms with van der Waals surface area (Å²) in [5.74, 6) is -0.617. The van der Waals surface area contributed by atoms with Crippen molar-refractivity contribution in [3.63, 3.8) is 0 Å². The van der Waals surface area contributed by atoms with Crippen LogP contribution in [0.4, 0.5) is 10.1 Å². The highest BCUT2D eigenvalue weighted by Gasteiger charge is 2.24. The van der Waals surface area contributed by atoms with Crippen LogP contribution < -0.4 is 5.32 Å². The van der Waals surface area contributed by atoms with Gasteiger partial charge in [-0.2, -0.15) is 0 Å². The van der Waals surface area contributed by atoms with Crippen molar-refractivity contribution in [3.8, 4) is 0 Å². The molecule has 1 atom stereocenters. The number of benzene rings is 2. The molecule has 1 aliphatic rings. The molecule has 1 aliphatic heterocycles. The largest absolute Gasteiger partial charge is 0.324 e. The monoisotopic (exact) mass is 302 g/mol. The van der Waals surface area contributed by atoms with Crippen LogP contribution in [0.15, 0.2) is 47.5 Å². The van der Waals surface area contributed by atoms with Crippen LogP contribution in [0.1, 0.15) is 18.1 Å². The Bertz CT molecular complexity index is 758. The summed E-state index contributed by atoms with van der Waals surface area (Å²) < 4.78 is 14.1. The fourth-order valence-corrected chi connectivity index (χ4v) is 2.42. The number of hydrogen-bond donors (Lipinski definition) is 1. The van der Waals surface area contributed by atoms with Gasteiger partial charge < -0.3 is 5.32 Å². The minimum absolute atomic E-state index is 0.232. The zero-order valence-electron chi connectivity index (χ0n) is 11.2. The van der Waals surface area contributed by atoms with E-state index in [4.69, 9.17) is 11.6 Å². The van der Waals surface area contributed by atoms with Gasteiger partial charge in [0.25, 0.3) is 0 Å². The quantitative estimate of drug-likeness (QED) is 0.858. The highest BCUT2D eigenvalue weighted by atomic mass is 35.5. The molecular formula is C16H12ClFN2O. The van der Waals surface area contributed by atoms with E-state index in [1.165, 1.54) is 6.07 Å². The van der Waals surface area contributed by atoms with Gasteiger partial charge in [-0.15, -0.1) is 0 Å². The Balaban J connectivity index is 2.27. The molecule has 2 aromatic rings. The lowest BCUT2D eigenvalue weighted by atomic mass is 10.00. The number of aliphatic imine (C=N–C) groups is 1. The fourth-order valence-electron chi connectivity index (χ4n) is 2.25. The SMILES string of the molecule is C[C@H]1N=C(c2ccccc2F)c2cc(Cl)ccc2NC1=O. The molecule has 0 saturated heterocycles. The van der Waals surface area contributed by atoms with Crippen LogP contribution in [0, 0.1) is 5.82 Å². The molecule has 0 bridgehead atoms. The summed E-state index contributed by atoms with van der Waals surface area (Å²) in [6.45, 7) is 1.67. The Morgan fingerprint density at radius 2 is 1.95 bits per heavy atom. The lowest BCUT2D eigenvalue weighted by molar-refractivity contribution is -0.116. The minimum atomic E-state index is -0.606. The summed E-state index contributed by atoms with van der Waals surface area (Å²) in [4.78, 5) is 16.4. The Morgan fingerprint density at radius 3 is 2.71 bits per heavy atom. The molecule has 3 nitrogen and oxygen atoms in total. The van der Waals surface area contributed by atoms with Crippen LogP contribution in [0.3, 0.4) is 0 Å². The highest BCUT2D eigenvalue weighted by molar-refractivity contribution is 6.32. The average Bonchev–Trinajstić information content (AvgIpc) is 2.58. The third-order valence-corrected chi connectivity index (χ3v) is 3.56. The number of halogens is 2. The second-order valence-electron chi connectivity index (χ2n) is 4.81. The number of nitrogens with zero attached hydrogens (tertiary/aromatic N) is 1. The van der Waals surface area contributed by atoms with Gasteiger partial charge in [0.2, 0.25) is 5.91 Å². The standard InChI is InChI=1S/C16H12ClFN2O/c1-9-16(21)20-14-7-6-10(17)8-12(14)15(19-9)11-4-2-3-5-13(11)18/h2-9H,1H3,(H,20,21)/t9-/m1/s1. The van der Waals surface area contributed by atoms with Gasteiger partial charge in [0, 0.05) is 16.1 Å². The maximum atomic E-state index is 14.1. The van der Waals surface area contributed by atoms with Gasteiger partial charge in [-0.3, -0.25) is 9.79 Å². The molecule has 0 spiro atoms. The summed E-state index contributed by atoms with van der Waals surface area (Å²) in [7, 11) is 0. The molecule has 1 N–H and O–H groups in total. The number of fused-ring (bicyclic) bond motifs is 1. The number of rotatable bonds is 1. The molecule has 0 unspecified atom stereocenters. The van der Waals surface area contributed by atoms with E-state index in [1.54, 1.807) is 43.3 Å². The molecule has 0 aromatic heterocycles. The van der Waals surface area contributed by atoms with E-state index < -0.39 is 6.04 Å². The molecule has 0 saturated carbocycles. The van der Waals surface area contributed by atoms with Crippen molar-refractivity contribution in [3.05, 3.63) is 64.4 Å². The number of nitrogens with one attached hydrogen (secondary N) is 1. The lowest BCUT2D eigenvalue weighted by Gasteiger charge is -2.11. The van der Waals surface area contributed by atoms with Crippen LogP contribution in [-0.2, 0) is 4.79 Å². The third kappa shape index (κ3) is 2.54. The van der Waals surface area contributed by atoms with Crippen LogP contribution in [0.5, 0.6) is 0 Å². The van der Waals surface area contributed by atoms with Crippen molar-refractivity contribution in [2.75, 3.05) is 5.32 Å². The van der Waals surface area contributed by atoms with Gasteiger partial charge in [-0.1, -0.05) is 23.7 Å². The second kappa shape index (κ2) is 5.30. The molecule has 5 heteroatoms. The summed E-state index contributed by atoms with van der Waals surface area (Å²) in [5.41, 5.74) is 1.97. The van der Waals surface area contributed by atoms with E-state index in [9.17, 15) is 9.18 Å². The van der Waals surface area contributed by atoms with E-state index in [1.807, 2.05) is 0 Å². The van der Waals surface area contributed by atoms with E-state index in [0.29, 0.717) is 27.5 Å². The van der Waals surface area contributed by atoms with Gasteiger partial charge in [-0.05, 0) is 37.3 Å². The zero-order valence-corrected chi connectivity index (χ0v) is 12.0. The van der Waals surface area contributed by atoms with Crippen LogP contribution >= 0.6 is 11.6 Å². The van der Waals surface area contributed by atoms with E-state index in [-0.39, 0.29) is 11.7 Å². The molecule has 0 fully saturated rings. The first kappa shape index (κ1) is 13.8. The Morgan fingerprint density at radius 1 is 1.19 bits per heavy atom. The number of carbonyl (C=O) groups excluding carboxylic acids is 1. The van der Waals surface area contributed by atoms with Crippen molar-refractivity contribution in [2.24, 2.45) is 4.99 Å². The lowest BCUT2D eigenvalue weighted by Crippen LogP contribution is -2.22. The predicted octanol–water partition coefficient (Wildman–Crippen LogP) is 3.66. The fraction of sp³-hybridized carbons (Fsp3) is 0.125. The first-order chi connectivity index (χ1) is 10.1. The van der Waals surface area contributed by atoms with Crippen molar-refractivity contribution < 1.29 is 9.18 Å². The van der Waals surface area contributed by atoms with E-state index in [2.05, 4.69) is 10.3 Å². The number of hydrogen-bond acceptors (Lipinski definition) is 2. The summed E-state index contributed by atoms with van der Waals surface area (Å²) in [6.07, 6.45) is 0. The first-order valence-electron chi connectivity index (χ1n) is 6.50. The van der Waals surface area contributed by atoms with Crippen LogP contribution in [-0.4, -0.2) is 17.7 Å². The first-order valence-corrected chi connectivity index (χ1v) is 6.87. The molecule has 1 heterocycles. The van der Waals surface area contributed by atoms with Crippen molar-refractivity contribution >= 4 is 28.9 Å². The van der Waals surface area contributed by atoms with E-state index >= 15 is 0 Å². The molecule has 2 aromatic carbocycles. The summed E-state index contributed by atoms with van der Waals surface area (Å²) in [6, 6.07) is 10.8. The number of benzodiazepines with no additional fused rings is 1. The smallest absolute Gasteiger partial charge is 0.248 e. The summed E-state index contributed by atoms with van der Waals surface area (Å²) >= 11 is 6.03. The molecule has 3 rings (SSSR count). The van der Waals surface area contributed by atoms with Crippen molar-refractivity contribution in [1.82, 2.24) is 0 Å². The van der Waals surface area contributed by atoms with Gasteiger partial charge >= 0.3 is 0 Å². The normalized spacial score (nSPS) is 17.6. The van der Waals surface area contributed by atoms with E-state index in [0.717, 1.165) is 0 Å². The van der Waals surface area contributed by atoms with Gasteiger partial charge in [0.05, 0.1) is 11.4 Å². The topological polar surface area (TPSA) is 41.5 Å². The Labute approximate surface area is 126 Å². The number of anilines is 1. The molecule has 106 valence electrons. The Kier molecular flexibility index (Phi) is 3.47. The second-order valence-corrected chi connectivity index (χ2v) is 5.25. The van der Waals surface area contributed by atoms with Gasteiger partial charge in [-0.25, -0.2) is 4.39 Å². The molecule has 0 radical (unpaired) electrons. The zero-order chi connectivity index (χ0) is 15.0. The third-order valence-electron chi connectivity index (χ3n) is 3.33. The van der Waals surface area contributed by atoms with Crippen molar-refractivity contribution in [1.29, 1.82) is 0 Å². The highest BCUT2D eigenvalue weighted by Crippen LogP contribution is 2.27. The molecule has 0 aliphatic carbocycles. The maximum Gasteiger partial charge on any atom is 0.248 e. The molecular weight excluding hydrogens is 291 g/mol. The maximum absolute atomic E-state index is 14.1. The number of carbonyl (C=O) groups is 1. The minimum Gasteiger partial charge on any atom is -0.324 e. The van der Waals surface area contributed by atoms with Crippen LogP contribution in [0.2, 0.25) is 5.02 Å². The molecule has 21 heavy (non-hydrogen) atoms. The van der Waals surface area contributed by atoms with Gasteiger partial charge in [0.15, 0.2) is 0 Å². The Hall–Kier alpha value is -2.20. The predicted molar refractivity (Wildman–Crippen MR) is 81.6 cm³/mol. The van der Waals surface area contributed by atoms with Gasteiger partial charge in [0.1, 0.15) is 11.9 Å². The molecule has 1 amide bonds. The number of amides is 1. The average molecular weight is 303 g/mol.